The molecule has 0 radical (unpaired) electrons. The first-order valence-electron chi connectivity index (χ1n) is 12.9. The third kappa shape index (κ3) is 4.03. The molecule has 4 heteroatoms. The van der Waals surface area contributed by atoms with E-state index in [9.17, 15) is 0 Å². The van der Waals surface area contributed by atoms with Crippen LogP contribution in [0.3, 0.4) is 0 Å². The Balaban J connectivity index is 1.24. The average molecular weight is 441 g/mol. The summed E-state index contributed by atoms with van der Waals surface area (Å²) in [5, 5.41) is 13.9. The molecular formula is C29H36N4. The molecule has 0 saturated heterocycles. The van der Waals surface area contributed by atoms with Crippen LogP contribution in [0.25, 0.3) is 11.3 Å². The minimum Gasteiger partial charge on any atom is -0.308 e. The van der Waals surface area contributed by atoms with Crippen LogP contribution in [-0.2, 0) is 13.1 Å². The summed E-state index contributed by atoms with van der Waals surface area (Å²) in [5.74, 6) is 2.95. The van der Waals surface area contributed by atoms with E-state index in [2.05, 4.69) is 73.8 Å². The molecule has 2 aromatic carbocycles. The zero-order valence-corrected chi connectivity index (χ0v) is 20.0. The van der Waals surface area contributed by atoms with Crippen molar-refractivity contribution in [3.63, 3.8) is 0 Å². The minimum absolute atomic E-state index is 0.499. The molecule has 1 aromatic heterocycles. The van der Waals surface area contributed by atoms with E-state index < -0.39 is 0 Å². The molecule has 33 heavy (non-hydrogen) atoms. The highest BCUT2D eigenvalue weighted by Crippen LogP contribution is 2.61. The van der Waals surface area contributed by atoms with E-state index in [-0.39, 0.29) is 0 Å². The van der Waals surface area contributed by atoms with Gasteiger partial charge in [-0.2, -0.15) is 15.0 Å². The van der Waals surface area contributed by atoms with Crippen LogP contribution < -0.4 is 5.32 Å². The van der Waals surface area contributed by atoms with Crippen LogP contribution in [0.4, 0.5) is 0 Å². The van der Waals surface area contributed by atoms with Gasteiger partial charge >= 0.3 is 0 Å². The van der Waals surface area contributed by atoms with Crippen LogP contribution in [0, 0.1) is 30.1 Å². The van der Waals surface area contributed by atoms with Crippen molar-refractivity contribution in [2.75, 3.05) is 0 Å². The molecule has 4 aliphatic rings. The Bertz CT molecular complexity index is 1080. The Labute approximate surface area is 197 Å². The van der Waals surface area contributed by atoms with Gasteiger partial charge in [0.15, 0.2) is 0 Å². The Kier molecular flexibility index (Phi) is 5.37. The highest BCUT2D eigenvalue weighted by atomic mass is 15.5. The summed E-state index contributed by atoms with van der Waals surface area (Å²) < 4.78 is 0. The maximum Gasteiger partial charge on any atom is 0.117 e. The molecule has 0 spiro atoms. The van der Waals surface area contributed by atoms with Crippen LogP contribution >= 0.6 is 0 Å². The van der Waals surface area contributed by atoms with Gasteiger partial charge in [-0.25, -0.2) is 0 Å². The van der Waals surface area contributed by atoms with Crippen LogP contribution in [0.5, 0.6) is 0 Å². The maximum absolute atomic E-state index is 4.98. The van der Waals surface area contributed by atoms with E-state index in [1.165, 1.54) is 49.7 Å². The molecule has 4 nitrogen and oxygen atoms in total. The molecule has 1 heterocycles. The van der Waals surface area contributed by atoms with Crippen molar-refractivity contribution in [3.8, 4) is 11.3 Å². The van der Waals surface area contributed by atoms with Crippen LogP contribution in [0.1, 0.15) is 62.3 Å². The van der Waals surface area contributed by atoms with Crippen molar-refractivity contribution in [3.05, 3.63) is 71.4 Å². The molecule has 0 unspecified atom stereocenters. The molecule has 0 amide bonds. The van der Waals surface area contributed by atoms with E-state index in [0.29, 0.717) is 18.0 Å². The van der Waals surface area contributed by atoms with Crippen LogP contribution in [0.15, 0.2) is 54.6 Å². The van der Waals surface area contributed by atoms with Crippen molar-refractivity contribution < 1.29 is 0 Å². The number of benzene rings is 2. The monoisotopic (exact) mass is 440 g/mol. The van der Waals surface area contributed by atoms with E-state index in [1.54, 1.807) is 0 Å². The van der Waals surface area contributed by atoms with Crippen molar-refractivity contribution >= 4 is 0 Å². The summed E-state index contributed by atoms with van der Waals surface area (Å²) in [4.78, 5) is 1.89. The molecule has 4 bridgehead atoms. The molecule has 4 aliphatic carbocycles. The Morgan fingerprint density at radius 2 is 1.55 bits per heavy atom. The second kappa shape index (κ2) is 8.39. The van der Waals surface area contributed by atoms with E-state index in [0.717, 1.165) is 41.2 Å². The first kappa shape index (κ1) is 21.1. The van der Waals surface area contributed by atoms with Gasteiger partial charge in [0.05, 0.1) is 6.54 Å². The second-order valence-electron chi connectivity index (χ2n) is 11.2. The Hall–Kier alpha value is -2.46. The fraction of sp³-hybridized carbons (Fsp3) is 0.517. The summed E-state index contributed by atoms with van der Waals surface area (Å²) in [7, 11) is 0. The van der Waals surface area contributed by atoms with E-state index in [1.807, 2.05) is 4.80 Å². The fourth-order valence-corrected chi connectivity index (χ4v) is 7.51. The lowest BCUT2D eigenvalue weighted by molar-refractivity contribution is -0.0707. The van der Waals surface area contributed by atoms with E-state index >= 15 is 0 Å². The standard InChI is InChI=1S/C29H36N4/c1-20-8-6-7-11-26(20)19-33-31-27(28(32-33)25-9-4-3-5-10-25)18-30-21(2)29-15-22-12-23(16-29)14-24(13-22)17-29/h3-11,21-24,30H,12-19H2,1-2H3/t21-,22?,23?,24?,29?/m1/s1. The van der Waals surface area contributed by atoms with Crippen LogP contribution in [-0.4, -0.2) is 21.0 Å². The van der Waals surface area contributed by atoms with Gasteiger partial charge in [0, 0.05) is 18.2 Å². The molecule has 4 saturated carbocycles. The fourth-order valence-electron chi connectivity index (χ4n) is 7.51. The summed E-state index contributed by atoms with van der Waals surface area (Å²) >= 11 is 0. The third-order valence-electron chi connectivity index (χ3n) is 8.93. The number of nitrogens with zero attached hydrogens (tertiary/aromatic N) is 3. The zero-order valence-electron chi connectivity index (χ0n) is 20.0. The summed E-state index contributed by atoms with van der Waals surface area (Å²) in [6.07, 6.45) is 8.78. The normalized spacial score (nSPS) is 28.8. The van der Waals surface area contributed by atoms with Crippen molar-refractivity contribution in [1.29, 1.82) is 0 Å². The number of hydrogen-bond acceptors (Lipinski definition) is 3. The van der Waals surface area contributed by atoms with Gasteiger partial charge in [-0.15, -0.1) is 0 Å². The van der Waals surface area contributed by atoms with Crippen molar-refractivity contribution in [2.45, 2.75) is 71.5 Å². The molecule has 0 aliphatic heterocycles. The van der Waals surface area contributed by atoms with Gasteiger partial charge in [-0.3, -0.25) is 0 Å². The molecule has 172 valence electrons. The summed E-state index contributed by atoms with van der Waals surface area (Å²) in [6, 6.07) is 19.6. The number of nitrogens with one attached hydrogen (secondary N) is 1. The van der Waals surface area contributed by atoms with Gasteiger partial charge in [0.1, 0.15) is 11.4 Å². The van der Waals surface area contributed by atoms with Gasteiger partial charge in [-0.1, -0.05) is 54.6 Å². The van der Waals surface area contributed by atoms with Gasteiger partial charge < -0.3 is 5.32 Å². The molecular weight excluding hydrogens is 404 g/mol. The SMILES string of the molecule is Cc1ccccc1Cn1nc(CN[C@H](C)C23CC4CC(CC(C4)C2)C3)c(-c2ccccc2)n1. The largest absolute Gasteiger partial charge is 0.308 e. The zero-order chi connectivity index (χ0) is 22.4. The molecule has 1 atom stereocenters. The first-order chi connectivity index (χ1) is 16.1. The van der Waals surface area contributed by atoms with Gasteiger partial charge in [-0.05, 0) is 86.7 Å². The number of hydrogen-bond donors (Lipinski definition) is 1. The Morgan fingerprint density at radius 3 is 2.21 bits per heavy atom. The van der Waals surface area contributed by atoms with Crippen molar-refractivity contribution in [2.24, 2.45) is 23.2 Å². The molecule has 4 fully saturated rings. The van der Waals surface area contributed by atoms with Gasteiger partial charge in [0.2, 0.25) is 0 Å². The lowest BCUT2D eigenvalue weighted by Crippen LogP contribution is -2.54. The van der Waals surface area contributed by atoms with Crippen molar-refractivity contribution in [1.82, 2.24) is 20.3 Å². The maximum atomic E-state index is 4.98. The predicted octanol–water partition coefficient (Wildman–Crippen LogP) is 6.00. The number of rotatable bonds is 7. The van der Waals surface area contributed by atoms with Gasteiger partial charge in [0.25, 0.3) is 0 Å². The van der Waals surface area contributed by atoms with E-state index in [4.69, 9.17) is 10.2 Å². The summed E-state index contributed by atoms with van der Waals surface area (Å²) in [6.45, 7) is 6.08. The lowest BCUT2D eigenvalue weighted by atomic mass is 9.48. The molecule has 1 N–H and O–H groups in total. The minimum atomic E-state index is 0.499. The number of aryl methyl sites for hydroxylation is 1. The topological polar surface area (TPSA) is 42.7 Å². The lowest BCUT2D eigenvalue weighted by Gasteiger charge is -2.59. The molecule has 7 rings (SSSR count). The smallest absolute Gasteiger partial charge is 0.117 e. The first-order valence-corrected chi connectivity index (χ1v) is 12.9. The highest BCUT2D eigenvalue weighted by molar-refractivity contribution is 5.60. The average Bonchev–Trinajstić information content (AvgIpc) is 3.21. The Morgan fingerprint density at radius 1 is 0.909 bits per heavy atom. The highest BCUT2D eigenvalue weighted by Gasteiger charge is 2.52. The predicted molar refractivity (Wildman–Crippen MR) is 133 cm³/mol. The second-order valence-corrected chi connectivity index (χ2v) is 11.2. The van der Waals surface area contributed by atoms with Crippen LogP contribution in [0.2, 0.25) is 0 Å². The third-order valence-corrected chi connectivity index (χ3v) is 8.93. The quantitative estimate of drug-likeness (QED) is 0.490. The summed E-state index contributed by atoms with van der Waals surface area (Å²) in [5.41, 5.74) is 6.27. The number of aromatic nitrogens is 3. The molecule has 3 aromatic rings.